The van der Waals surface area contributed by atoms with Crippen LogP contribution in [0, 0.1) is 0 Å². The standard InChI is InChI=1S/C18H21N3O6/c1-26-11-5-6-14(27-2)13(9-11)21-16(22)12(10-20-7-3-4-8-20)15(17(23)24)19-18(21)25/h5-6,9H,3-4,7-8,10H2,1-2H3,(H,19,25)(H,23,24). The van der Waals surface area contributed by atoms with E-state index in [1.807, 2.05) is 4.90 Å². The molecule has 1 fully saturated rings. The number of rotatable bonds is 6. The van der Waals surface area contributed by atoms with Gasteiger partial charge >= 0.3 is 11.7 Å². The van der Waals surface area contributed by atoms with Crippen molar-refractivity contribution in [3.05, 3.63) is 50.3 Å². The Hall–Kier alpha value is -3.07. The van der Waals surface area contributed by atoms with Crippen LogP contribution in [0.2, 0.25) is 0 Å². The molecule has 2 aromatic rings. The first kappa shape index (κ1) is 18.7. The number of hydrogen-bond acceptors (Lipinski definition) is 6. The average Bonchev–Trinajstić information content (AvgIpc) is 3.16. The molecule has 1 aliphatic rings. The smallest absolute Gasteiger partial charge is 0.352 e. The van der Waals surface area contributed by atoms with Gasteiger partial charge in [0, 0.05) is 12.6 Å². The van der Waals surface area contributed by atoms with Gasteiger partial charge in [-0.25, -0.2) is 14.2 Å². The number of nitrogens with one attached hydrogen (secondary N) is 1. The van der Waals surface area contributed by atoms with Crippen molar-refractivity contribution in [2.75, 3.05) is 27.3 Å². The maximum atomic E-state index is 13.1. The van der Waals surface area contributed by atoms with Gasteiger partial charge in [0.15, 0.2) is 0 Å². The Kier molecular flexibility index (Phi) is 5.31. The summed E-state index contributed by atoms with van der Waals surface area (Å²) in [6, 6.07) is 4.71. The number of H-pyrrole nitrogens is 1. The number of hydrogen-bond donors (Lipinski definition) is 2. The van der Waals surface area contributed by atoms with E-state index in [1.54, 1.807) is 12.1 Å². The molecular formula is C18H21N3O6. The average molecular weight is 375 g/mol. The number of aromatic carboxylic acids is 1. The number of benzene rings is 1. The summed E-state index contributed by atoms with van der Waals surface area (Å²) in [7, 11) is 2.88. The largest absolute Gasteiger partial charge is 0.497 e. The third kappa shape index (κ3) is 3.59. The molecule has 9 nitrogen and oxygen atoms in total. The monoisotopic (exact) mass is 375 g/mol. The molecule has 0 aliphatic carbocycles. The lowest BCUT2D eigenvalue weighted by atomic mass is 10.2. The highest BCUT2D eigenvalue weighted by Crippen LogP contribution is 2.26. The zero-order valence-electron chi connectivity index (χ0n) is 15.2. The first-order valence-electron chi connectivity index (χ1n) is 8.52. The third-order valence-electron chi connectivity index (χ3n) is 4.62. The van der Waals surface area contributed by atoms with Crippen molar-refractivity contribution < 1.29 is 19.4 Å². The molecule has 0 amide bonds. The minimum absolute atomic E-state index is 0.0360. The number of methoxy groups -OCH3 is 2. The lowest BCUT2D eigenvalue weighted by Gasteiger charge is -2.17. The topological polar surface area (TPSA) is 114 Å². The molecule has 0 atom stereocenters. The van der Waals surface area contributed by atoms with E-state index in [4.69, 9.17) is 9.47 Å². The molecule has 0 radical (unpaired) electrons. The summed E-state index contributed by atoms with van der Waals surface area (Å²) in [5.74, 6) is -0.623. The second-order valence-electron chi connectivity index (χ2n) is 6.25. The minimum atomic E-state index is -1.34. The van der Waals surface area contributed by atoms with E-state index in [2.05, 4.69) is 4.98 Å². The first-order chi connectivity index (χ1) is 13.0. The van der Waals surface area contributed by atoms with Crippen LogP contribution in [0.15, 0.2) is 27.8 Å². The molecule has 0 spiro atoms. The van der Waals surface area contributed by atoms with E-state index in [9.17, 15) is 19.5 Å². The molecule has 1 aliphatic heterocycles. The molecule has 1 aromatic heterocycles. The van der Waals surface area contributed by atoms with Gasteiger partial charge in [0.25, 0.3) is 5.56 Å². The molecule has 0 bridgehead atoms. The molecule has 3 rings (SSSR count). The van der Waals surface area contributed by atoms with Gasteiger partial charge in [-0.2, -0.15) is 0 Å². The van der Waals surface area contributed by atoms with Crippen LogP contribution in [0.3, 0.4) is 0 Å². The van der Waals surface area contributed by atoms with Gasteiger partial charge < -0.3 is 19.6 Å². The molecule has 2 N–H and O–H groups in total. The van der Waals surface area contributed by atoms with Gasteiger partial charge in [-0.05, 0) is 38.1 Å². The Morgan fingerprint density at radius 3 is 2.48 bits per heavy atom. The SMILES string of the molecule is COc1ccc(OC)c(-n2c(=O)[nH]c(C(=O)O)c(CN3CCCC3)c2=O)c1. The van der Waals surface area contributed by atoms with Crippen molar-refractivity contribution >= 4 is 5.97 Å². The normalized spacial score (nSPS) is 14.3. The Morgan fingerprint density at radius 1 is 1.19 bits per heavy atom. The molecule has 0 saturated carbocycles. The number of ether oxygens (including phenoxy) is 2. The van der Waals surface area contributed by atoms with Crippen LogP contribution in [0.5, 0.6) is 11.5 Å². The van der Waals surface area contributed by atoms with Crippen molar-refractivity contribution in [1.29, 1.82) is 0 Å². The molecule has 1 aromatic carbocycles. The van der Waals surface area contributed by atoms with Crippen molar-refractivity contribution in [3.8, 4) is 17.2 Å². The number of likely N-dealkylation sites (tertiary alicyclic amines) is 1. The fourth-order valence-corrected chi connectivity index (χ4v) is 3.26. The lowest BCUT2D eigenvalue weighted by molar-refractivity contribution is 0.0687. The quantitative estimate of drug-likeness (QED) is 0.769. The summed E-state index contributed by atoms with van der Waals surface area (Å²) < 4.78 is 11.3. The number of aromatic amines is 1. The van der Waals surface area contributed by atoms with E-state index in [0.29, 0.717) is 11.5 Å². The second-order valence-corrected chi connectivity index (χ2v) is 6.25. The molecular weight excluding hydrogens is 354 g/mol. The zero-order chi connectivity index (χ0) is 19.6. The molecule has 1 saturated heterocycles. The summed E-state index contributed by atoms with van der Waals surface area (Å²) in [5, 5.41) is 9.45. The van der Waals surface area contributed by atoms with E-state index < -0.39 is 17.2 Å². The predicted molar refractivity (Wildman–Crippen MR) is 97.2 cm³/mol. The number of carbonyl (C=O) groups is 1. The van der Waals surface area contributed by atoms with Crippen molar-refractivity contribution in [2.45, 2.75) is 19.4 Å². The Morgan fingerprint density at radius 2 is 1.89 bits per heavy atom. The van der Waals surface area contributed by atoms with Crippen molar-refractivity contribution in [3.63, 3.8) is 0 Å². The molecule has 9 heteroatoms. The van der Waals surface area contributed by atoms with Gasteiger partial charge in [-0.1, -0.05) is 0 Å². The van der Waals surface area contributed by atoms with Crippen LogP contribution in [0.25, 0.3) is 5.69 Å². The van der Waals surface area contributed by atoms with Crippen molar-refractivity contribution in [1.82, 2.24) is 14.5 Å². The summed E-state index contributed by atoms with van der Waals surface area (Å²) in [6.45, 7) is 1.71. The maximum Gasteiger partial charge on any atom is 0.352 e. The van der Waals surface area contributed by atoms with Crippen LogP contribution in [-0.2, 0) is 6.54 Å². The summed E-state index contributed by atoms with van der Waals surface area (Å²) in [4.78, 5) is 41.6. The van der Waals surface area contributed by atoms with Crippen LogP contribution < -0.4 is 20.7 Å². The van der Waals surface area contributed by atoms with Crippen LogP contribution in [0.1, 0.15) is 28.9 Å². The minimum Gasteiger partial charge on any atom is -0.497 e. The van der Waals surface area contributed by atoms with Crippen LogP contribution in [-0.4, -0.2) is 52.8 Å². The number of nitrogens with zero attached hydrogens (tertiary/aromatic N) is 2. The number of carboxylic acids is 1. The summed E-state index contributed by atoms with van der Waals surface area (Å²) in [5.41, 5.74) is -1.70. The fourth-order valence-electron chi connectivity index (χ4n) is 3.26. The van der Waals surface area contributed by atoms with Gasteiger partial charge in [-0.15, -0.1) is 0 Å². The maximum absolute atomic E-state index is 13.1. The highest BCUT2D eigenvalue weighted by atomic mass is 16.5. The first-order valence-corrected chi connectivity index (χ1v) is 8.52. The molecule has 2 heterocycles. The van der Waals surface area contributed by atoms with E-state index >= 15 is 0 Å². The van der Waals surface area contributed by atoms with Crippen molar-refractivity contribution in [2.24, 2.45) is 0 Å². The predicted octanol–water partition coefficient (Wildman–Crippen LogP) is 0.837. The van der Waals surface area contributed by atoms with Gasteiger partial charge in [0.05, 0.1) is 25.5 Å². The van der Waals surface area contributed by atoms with Gasteiger partial charge in [0.2, 0.25) is 0 Å². The Labute approximate surface area is 154 Å². The number of carboxylic acid groups (broad SMARTS) is 1. The van der Waals surface area contributed by atoms with Crippen LogP contribution in [0.4, 0.5) is 0 Å². The van der Waals surface area contributed by atoms with Crippen LogP contribution >= 0.6 is 0 Å². The number of aromatic nitrogens is 2. The van der Waals surface area contributed by atoms with E-state index in [1.165, 1.54) is 20.3 Å². The lowest BCUT2D eigenvalue weighted by Crippen LogP contribution is -2.40. The second kappa shape index (κ2) is 7.67. The Balaban J connectivity index is 2.24. The fraction of sp³-hybridized carbons (Fsp3) is 0.389. The zero-order valence-corrected chi connectivity index (χ0v) is 15.2. The Bertz CT molecular complexity index is 972. The van der Waals surface area contributed by atoms with E-state index in [0.717, 1.165) is 30.5 Å². The third-order valence-corrected chi connectivity index (χ3v) is 4.62. The molecule has 144 valence electrons. The summed E-state index contributed by atoms with van der Waals surface area (Å²) >= 11 is 0. The molecule has 27 heavy (non-hydrogen) atoms. The van der Waals surface area contributed by atoms with Gasteiger partial charge in [0.1, 0.15) is 17.2 Å². The molecule has 0 unspecified atom stereocenters. The highest BCUT2D eigenvalue weighted by Gasteiger charge is 2.24. The summed E-state index contributed by atoms with van der Waals surface area (Å²) in [6.07, 6.45) is 1.98. The van der Waals surface area contributed by atoms with Gasteiger partial charge in [-0.3, -0.25) is 9.69 Å². The highest BCUT2D eigenvalue weighted by molar-refractivity contribution is 5.86. The van der Waals surface area contributed by atoms with E-state index in [-0.39, 0.29) is 23.5 Å².